The van der Waals surface area contributed by atoms with E-state index in [2.05, 4.69) is 10.6 Å². The molecule has 0 bridgehead atoms. The number of halogens is 1. The van der Waals surface area contributed by atoms with Gasteiger partial charge >= 0.3 is 0 Å². The maximum atomic E-state index is 13.9. The third-order valence-corrected chi connectivity index (χ3v) is 5.94. The van der Waals surface area contributed by atoms with E-state index in [1.807, 2.05) is 37.3 Å². The fourth-order valence-corrected chi connectivity index (χ4v) is 4.61. The van der Waals surface area contributed by atoms with Crippen LogP contribution in [-0.2, 0) is 4.79 Å². The van der Waals surface area contributed by atoms with Gasteiger partial charge in [0.25, 0.3) is 5.91 Å². The molecule has 1 aliphatic heterocycles. The van der Waals surface area contributed by atoms with Crippen LogP contribution in [0, 0.1) is 12.7 Å². The van der Waals surface area contributed by atoms with Gasteiger partial charge in [0.2, 0.25) is 5.91 Å². The maximum Gasteiger partial charge on any atom is 0.266 e. The molecule has 2 N–H and O–H groups in total. The average Bonchev–Trinajstić information content (AvgIpc) is 3.00. The molecule has 0 saturated carbocycles. The first-order valence-corrected chi connectivity index (χ1v) is 9.40. The molecule has 1 atom stereocenters. The van der Waals surface area contributed by atoms with Gasteiger partial charge in [-0.25, -0.2) is 4.39 Å². The summed E-state index contributed by atoms with van der Waals surface area (Å²) in [6, 6.07) is 15.8. The van der Waals surface area contributed by atoms with Crippen molar-refractivity contribution < 1.29 is 14.0 Å². The molecule has 1 aliphatic rings. The Morgan fingerprint density at radius 1 is 1.15 bits per heavy atom. The number of hydrogen-bond acceptors (Lipinski definition) is 3. The molecule has 2 heterocycles. The summed E-state index contributed by atoms with van der Waals surface area (Å²) in [6.07, 6.45) is 0.336. The molecule has 0 radical (unpaired) electrons. The number of rotatable bonds is 3. The molecule has 2 amide bonds. The number of carbonyl (C=O) groups excluding carboxylic acids is 2. The zero-order valence-electron chi connectivity index (χ0n) is 14.6. The molecule has 0 fully saturated rings. The van der Waals surface area contributed by atoms with E-state index in [0.29, 0.717) is 16.3 Å². The molecule has 136 valence electrons. The number of para-hydroxylation sites is 1. The summed E-state index contributed by atoms with van der Waals surface area (Å²) in [4.78, 5) is 25.4. The highest BCUT2D eigenvalue weighted by atomic mass is 32.1. The van der Waals surface area contributed by atoms with E-state index < -0.39 is 5.82 Å². The number of thiophene rings is 1. The fraction of sp³-hybridized carbons (Fsp3) is 0.143. The van der Waals surface area contributed by atoms with E-state index in [1.54, 1.807) is 12.1 Å². The van der Waals surface area contributed by atoms with Crippen molar-refractivity contribution >= 4 is 33.8 Å². The number of fused-ring (bicyclic) bond motifs is 1. The lowest BCUT2D eigenvalue weighted by molar-refractivity contribution is -0.116. The van der Waals surface area contributed by atoms with Crippen molar-refractivity contribution in [1.29, 1.82) is 0 Å². The van der Waals surface area contributed by atoms with Gasteiger partial charge in [-0.2, -0.15) is 0 Å². The molecule has 27 heavy (non-hydrogen) atoms. The summed E-state index contributed by atoms with van der Waals surface area (Å²) < 4.78 is 13.9. The molecule has 2 aromatic carbocycles. The van der Waals surface area contributed by atoms with Gasteiger partial charge in [0.1, 0.15) is 5.82 Å². The van der Waals surface area contributed by atoms with Gasteiger partial charge in [-0.1, -0.05) is 42.5 Å². The highest BCUT2D eigenvalue weighted by Gasteiger charge is 2.32. The maximum absolute atomic E-state index is 13.9. The summed E-state index contributed by atoms with van der Waals surface area (Å²) >= 11 is 1.23. The summed E-state index contributed by atoms with van der Waals surface area (Å²) in [5.74, 6) is -1.03. The quantitative estimate of drug-likeness (QED) is 0.677. The molecule has 0 aliphatic carbocycles. The van der Waals surface area contributed by atoms with Crippen LogP contribution in [0.1, 0.15) is 38.7 Å². The minimum Gasteiger partial charge on any atom is -0.319 e. The molecule has 0 spiro atoms. The second-order valence-corrected chi connectivity index (χ2v) is 7.47. The van der Waals surface area contributed by atoms with Crippen LogP contribution in [0.3, 0.4) is 0 Å². The van der Waals surface area contributed by atoms with Crippen molar-refractivity contribution in [2.24, 2.45) is 0 Å². The van der Waals surface area contributed by atoms with Crippen LogP contribution in [-0.4, -0.2) is 11.8 Å². The monoisotopic (exact) mass is 380 g/mol. The van der Waals surface area contributed by atoms with Crippen LogP contribution in [0.2, 0.25) is 0 Å². The largest absolute Gasteiger partial charge is 0.319 e. The molecule has 3 aromatic rings. The van der Waals surface area contributed by atoms with E-state index >= 15 is 0 Å². The lowest BCUT2D eigenvalue weighted by Crippen LogP contribution is -2.22. The van der Waals surface area contributed by atoms with Gasteiger partial charge in [-0.05, 0) is 35.7 Å². The minimum absolute atomic E-state index is 0.0707. The Kier molecular flexibility index (Phi) is 4.49. The topological polar surface area (TPSA) is 58.2 Å². The Morgan fingerprint density at radius 2 is 1.85 bits per heavy atom. The van der Waals surface area contributed by atoms with Gasteiger partial charge in [-0.3, -0.25) is 9.59 Å². The van der Waals surface area contributed by atoms with E-state index in [1.165, 1.54) is 23.5 Å². The van der Waals surface area contributed by atoms with Gasteiger partial charge in [0.05, 0.1) is 15.6 Å². The van der Waals surface area contributed by atoms with Gasteiger partial charge in [-0.15, -0.1) is 11.3 Å². The SMILES string of the molecule is Cc1c(C(=O)Nc2ccccc2F)sc2c1[C@@H](c1ccccc1)CC(=O)N2. The van der Waals surface area contributed by atoms with E-state index in [9.17, 15) is 14.0 Å². The molecule has 0 saturated heterocycles. The van der Waals surface area contributed by atoms with Crippen molar-refractivity contribution in [3.05, 3.63) is 82.0 Å². The number of carbonyl (C=O) groups is 2. The van der Waals surface area contributed by atoms with E-state index in [4.69, 9.17) is 0 Å². The lowest BCUT2D eigenvalue weighted by Gasteiger charge is -2.24. The molecule has 4 nitrogen and oxygen atoms in total. The highest BCUT2D eigenvalue weighted by molar-refractivity contribution is 7.18. The van der Waals surface area contributed by atoms with Gasteiger partial charge < -0.3 is 10.6 Å². The molecular weight excluding hydrogens is 363 g/mol. The first-order valence-electron chi connectivity index (χ1n) is 8.58. The fourth-order valence-electron chi connectivity index (χ4n) is 3.43. The summed E-state index contributed by atoms with van der Waals surface area (Å²) in [6.45, 7) is 1.87. The van der Waals surface area contributed by atoms with Crippen LogP contribution < -0.4 is 10.6 Å². The van der Waals surface area contributed by atoms with E-state index in [0.717, 1.165) is 16.7 Å². The highest BCUT2D eigenvalue weighted by Crippen LogP contribution is 2.45. The van der Waals surface area contributed by atoms with Crippen molar-refractivity contribution in [1.82, 2.24) is 0 Å². The summed E-state index contributed by atoms with van der Waals surface area (Å²) in [7, 11) is 0. The normalized spacial score (nSPS) is 15.8. The van der Waals surface area contributed by atoms with Crippen LogP contribution in [0.4, 0.5) is 15.1 Å². The van der Waals surface area contributed by atoms with Crippen molar-refractivity contribution in [3.63, 3.8) is 0 Å². The zero-order valence-corrected chi connectivity index (χ0v) is 15.4. The second kappa shape index (κ2) is 6.96. The molecule has 0 unspecified atom stereocenters. The predicted molar refractivity (Wildman–Crippen MR) is 105 cm³/mol. The Hall–Kier alpha value is -2.99. The first-order chi connectivity index (χ1) is 13.0. The van der Waals surface area contributed by atoms with Crippen molar-refractivity contribution in [2.75, 3.05) is 10.6 Å². The number of nitrogens with one attached hydrogen (secondary N) is 2. The summed E-state index contributed by atoms with van der Waals surface area (Å²) in [5, 5.41) is 6.19. The molecule has 4 rings (SSSR count). The van der Waals surface area contributed by atoms with Crippen molar-refractivity contribution in [2.45, 2.75) is 19.3 Å². The smallest absolute Gasteiger partial charge is 0.266 e. The Balaban J connectivity index is 1.72. The van der Waals surface area contributed by atoms with Gasteiger partial charge in [0, 0.05) is 12.3 Å². The van der Waals surface area contributed by atoms with Crippen molar-refractivity contribution in [3.8, 4) is 0 Å². The Labute approximate surface area is 160 Å². The zero-order chi connectivity index (χ0) is 19.0. The molecule has 6 heteroatoms. The average molecular weight is 380 g/mol. The summed E-state index contributed by atoms with van der Waals surface area (Å²) in [5.41, 5.74) is 2.95. The van der Waals surface area contributed by atoms with Crippen LogP contribution >= 0.6 is 11.3 Å². The van der Waals surface area contributed by atoms with Gasteiger partial charge in [0.15, 0.2) is 0 Å². The lowest BCUT2D eigenvalue weighted by atomic mass is 9.85. The number of amides is 2. The predicted octanol–water partition coefficient (Wildman–Crippen LogP) is 4.92. The van der Waals surface area contributed by atoms with Crippen LogP contribution in [0.5, 0.6) is 0 Å². The standard InChI is InChI=1S/C21H17FN2O2S/c1-12-18-14(13-7-3-2-4-8-13)11-17(25)24-21(18)27-19(12)20(26)23-16-10-6-5-9-15(16)22/h2-10,14H,11H2,1H3,(H,23,26)(H,24,25)/t14-/m1/s1. The number of anilines is 2. The number of benzene rings is 2. The van der Waals surface area contributed by atoms with Crippen LogP contribution in [0.25, 0.3) is 0 Å². The third-order valence-electron chi connectivity index (χ3n) is 4.71. The number of hydrogen-bond donors (Lipinski definition) is 2. The third kappa shape index (κ3) is 3.24. The van der Waals surface area contributed by atoms with E-state index in [-0.39, 0.29) is 23.4 Å². The molecular formula is C21H17FN2O2S. The first kappa shape index (κ1) is 17.4. The minimum atomic E-state index is -0.486. The van der Waals surface area contributed by atoms with Crippen LogP contribution in [0.15, 0.2) is 54.6 Å². The Bertz CT molecular complexity index is 1030. The molecule has 1 aromatic heterocycles. The Morgan fingerprint density at radius 3 is 2.59 bits per heavy atom. The second-order valence-electron chi connectivity index (χ2n) is 6.45.